The topological polar surface area (TPSA) is 84.3 Å². The van der Waals surface area contributed by atoms with Crippen LogP contribution < -0.4 is 5.32 Å². The van der Waals surface area contributed by atoms with Crippen molar-refractivity contribution in [3.05, 3.63) is 71.0 Å². The van der Waals surface area contributed by atoms with Gasteiger partial charge in [-0.25, -0.2) is 13.1 Å². The molecule has 0 saturated carbocycles. The van der Waals surface area contributed by atoms with E-state index in [0.29, 0.717) is 34.3 Å². The number of hydrogen-bond donors (Lipinski definition) is 1. The highest BCUT2D eigenvalue weighted by Gasteiger charge is 2.40. The van der Waals surface area contributed by atoms with E-state index >= 15 is 0 Å². The standard InChI is InChI=1S/C21H18ClF3N4O3S2/c22-14-4-6-16(7-5-14)29-19(21(23,24)25)18(13-26-29)20(30)27-15-2-1-3-17(12-15)34(31,32)28-8-10-33-11-9-28/h1-7,12-13H,8-11H2,(H,27,30). The maximum absolute atomic E-state index is 13.9. The van der Waals surface area contributed by atoms with Gasteiger partial charge in [-0.2, -0.15) is 34.3 Å². The van der Waals surface area contributed by atoms with Gasteiger partial charge in [0.2, 0.25) is 10.0 Å². The molecule has 3 aromatic rings. The van der Waals surface area contributed by atoms with Crippen molar-refractivity contribution in [1.29, 1.82) is 0 Å². The molecule has 7 nitrogen and oxygen atoms in total. The fraction of sp³-hybridized carbons (Fsp3) is 0.238. The molecule has 1 saturated heterocycles. The number of carbonyl (C=O) groups is 1. The predicted octanol–water partition coefficient (Wildman–Crippen LogP) is 4.53. The van der Waals surface area contributed by atoms with Crippen molar-refractivity contribution >= 4 is 45.0 Å². The van der Waals surface area contributed by atoms with Crippen LogP contribution in [0.25, 0.3) is 5.69 Å². The molecule has 180 valence electrons. The first-order valence-electron chi connectivity index (χ1n) is 9.98. The maximum atomic E-state index is 13.9. The minimum absolute atomic E-state index is 0.0461. The first kappa shape index (κ1) is 24.6. The van der Waals surface area contributed by atoms with Crippen LogP contribution in [0.3, 0.4) is 0 Å². The Bertz CT molecular complexity index is 1310. The van der Waals surface area contributed by atoms with E-state index in [1.165, 1.54) is 52.8 Å². The molecule has 1 aliphatic rings. The third-order valence-electron chi connectivity index (χ3n) is 5.05. The van der Waals surface area contributed by atoms with Gasteiger partial charge in [-0.1, -0.05) is 17.7 Å². The third-order valence-corrected chi connectivity index (χ3v) is 8.14. The van der Waals surface area contributed by atoms with Crippen LogP contribution in [0, 0.1) is 0 Å². The lowest BCUT2D eigenvalue weighted by molar-refractivity contribution is -0.143. The van der Waals surface area contributed by atoms with Gasteiger partial charge in [0.15, 0.2) is 5.69 Å². The number of rotatable bonds is 5. The molecule has 1 aliphatic heterocycles. The number of sulfonamides is 1. The van der Waals surface area contributed by atoms with E-state index in [0.717, 1.165) is 6.20 Å². The number of aromatic nitrogens is 2. The average molecular weight is 531 g/mol. The van der Waals surface area contributed by atoms with Crippen LogP contribution in [0.4, 0.5) is 18.9 Å². The van der Waals surface area contributed by atoms with Crippen molar-refractivity contribution in [2.75, 3.05) is 29.9 Å². The summed E-state index contributed by atoms with van der Waals surface area (Å²) in [4.78, 5) is 12.7. The fourth-order valence-electron chi connectivity index (χ4n) is 3.43. The monoisotopic (exact) mass is 530 g/mol. The molecule has 34 heavy (non-hydrogen) atoms. The zero-order valence-electron chi connectivity index (χ0n) is 17.4. The highest BCUT2D eigenvalue weighted by molar-refractivity contribution is 7.99. The molecule has 0 unspecified atom stereocenters. The second-order valence-electron chi connectivity index (χ2n) is 7.29. The number of halogens is 4. The average Bonchev–Trinajstić information content (AvgIpc) is 3.26. The largest absolute Gasteiger partial charge is 0.434 e. The summed E-state index contributed by atoms with van der Waals surface area (Å²) < 4.78 is 69.4. The maximum Gasteiger partial charge on any atom is 0.434 e. The van der Waals surface area contributed by atoms with E-state index in [4.69, 9.17) is 11.6 Å². The van der Waals surface area contributed by atoms with Crippen LogP contribution in [0.1, 0.15) is 16.1 Å². The number of nitrogens with one attached hydrogen (secondary N) is 1. The van der Waals surface area contributed by atoms with Crippen LogP contribution >= 0.6 is 23.4 Å². The molecule has 1 N–H and O–H groups in total. The number of benzene rings is 2. The molecule has 1 amide bonds. The van der Waals surface area contributed by atoms with E-state index in [9.17, 15) is 26.4 Å². The Morgan fingerprint density at radius 3 is 2.41 bits per heavy atom. The summed E-state index contributed by atoms with van der Waals surface area (Å²) in [6.45, 7) is 0.727. The van der Waals surface area contributed by atoms with Crippen LogP contribution in [0.2, 0.25) is 5.02 Å². The number of hydrogen-bond acceptors (Lipinski definition) is 5. The second kappa shape index (κ2) is 9.61. The quantitative estimate of drug-likeness (QED) is 0.524. The van der Waals surface area contributed by atoms with Gasteiger partial charge in [0.1, 0.15) is 0 Å². The van der Waals surface area contributed by atoms with Gasteiger partial charge < -0.3 is 5.32 Å². The first-order valence-corrected chi connectivity index (χ1v) is 12.9. The molecule has 0 atom stereocenters. The molecule has 0 radical (unpaired) electrons. The Morgan fingerprint density at radius 1 is 1.09 bits per heavy atom. The molecule has 13 heteroatoms. The SMILES string of the molecule is O=C(Nc1cccc(S(=O)(=O)N2CCSCC2)c1)c1cnn(-c2ccc(Cl)cc2)c1C(F)(F)F. The summed E-state index contributed by atoms with van der Waals surface area (Å²) >= 11 is 7.46. The molecule has 4 rings (SSSR count). The lowest BCUT2D eigenvalue weighted by atomic mass is 10.2. The first-order chi connectivity index (χ1) is 16.1. The predicted molar refractivity (Wildman–Crippen MR) is 124 cm³/mol. The molecule has 1 aromatic heterocycles. The molecule has 1 fully saturated rings. The Kier molecular flexibility index (Phi) is 6.94. The Morgan fingerprint density at radius 2 is 1.76 bits per heavy atom. The number of nitrogens with zero attached hydrogens (tertiary/aromatic N) is 3. The van der Waals surface area contributed by atoms with Crippen LogP contribution in [0.15, 0.2) is 59.6 Å². The molecule has 2 aromatic carbocycles. The van der Waals surface area contributed by atoms with Crippen LogP contribution in [-0.4, -0.2) is 53.0 Å². The number of anilines is 1. The second-order valence-corrected chi connectivity index (χ2v) is 10.9. The van der Waals surface area contributed by atoms with E-state index in [2.05, 4.69) is 10.4 Å². The van der Waals surface area contributed by atoms with Gasteiger partial charge in [-0.3, -0.25) is 4.79 Å². The highest BCUT2D eigenvalue weighted by Crippen LogP contribution is 2.34. The summed E-state index contributed by atoms with van der Waals surface area (Å²) in [6, 6.07) is 10.9. The van der Waals surface area contributed by atoms with Crippen molar-refractivity contribution in [3.63, 3.8) is 0 Å². The summed E-state index contributed by atoms with van der Waals surface area (Å²) in [7, 11) is -3.79. The van der Waals surface area contributed by atoms with Gasteiger partial charge in [0.25, 0.3) is 5.91 Å². The number of thioether (sulfide) groups is 1. The molecule has 2 heterocycles. The smallest absolute Gasteiger partial charge is 0.322 e. The summed E-state index contributed by atoms with van der Waals surface area (Å²) in [5.74, 6) is 0.275. The Balaban J connectivity index is 1.64. The van der Waals surface area contributed by atoms with Gasteiger partial charge in [0, 0.05) is 35.3 Å². The van der Waals surface area contributed by atoms with E-state index in [-0.39, 0.29) is 16.3 Å². The van der Waals surface area contributed by atoms with Crippen molar-refractivity contribution in [2.24, 2.45) is 0 Å². The normalized spacial score (nSPS) is 15.3. The van der Waals surface area contributed by atoms with Crippen molar-refractivity contribution in [1.82, 2.24) is 14.1 Å². The molecule has 0 spiro atoms. The Labute approximate surface area is 202 Å². The van der Waals surface area contributed by atoms with Crippen LogP contribution in [-0.2, 0) is 16.2 Å². The highest BCUT2D eigenvalue weighted by atomic mass is 35.5. The van der Waals surface area contributed by atoms with Gasteiger partial charge in [-0.05, 0) is 42.5 Å². The lowest BCUT2D eigenvalue weighted by Crippen LogP contribution is -2.37. The van der Waals surface area contributed by atoms with Crippen molar-refractivity contribution in [2.45, 2.75) is 11.1 Å². The fourth-order valence-corrected chi connectivity index (χ4v) is 6.18. The molecule has 0 aliphatic carbocycles. The van der Waals surface area contributed by atoms with E-state index in [1.54, 1.807) is 11.8 Å². The summed E-state index contributed by atoms with van der Waals surface area (Å²) in [5.41, 5.74) is -1.85. The molecule has 0 bridgehead atoms. The minimum atomic E-state index is -4.89. The third kappa shape index (κ3) is 5.09. The minimum Gasteiger partial charge on any atom is -0.322 e. The Hall–Kier alpha value is -2.54. The molecular formula is C21H18ClF3N4O3S2. The van der Waals surface area contributed by atoms with Gasteiger partial charge in [-0.15, -0.1) is 0 Å². The number of carbonyl (C=O) groups excluding carboxylic acids is 1. The van der Waals surface area contributed by atoms with Gasteiger partial charge in [0.05, 0.1) is 22.3 Å². The van der Waals surface area contributed by atoms with Gasteiger partial charge >= 0.3 is 6.18 Å². The van der Waals surface area contributed by atoms with E-state index < -0.39 is 33.4 Å². The zero-order chi connectivity index (χ0) is 24.5. The summed E-state index contributed by atoms with van der Waals surface area (Å²) in [6.07, 6.45) is -4.07. The van der Waals surface area contributed by atoms with Crippen LogP contribution in [0.5, 0.6) is 0 Å². The molecular weight excluding hydrogens is 513 g/mol. The summed E-state index contributed by atoms with van der Waals surface area (Å²) in [5, 5.41) is 6.44. The van der Waals surface area contributed by atoms with E-state index in [1.807, 2.05) is 0 Å². The lowest BCUT2D eigenvalue weighted by Gasteiger charge is -2.25. The van der Waals surface area contributed by atoms with Crippen molar-refractivity contribution < 1.29 is 26.4 Å². The van der Waals surface area contributed by atoms with Crippen molar-refractivity contribution in [3.8, 4) is 5.69 Å². The number of amides is 1. The zero-order valence-corrected chi connectivity index (χ0v) is 19.8. The number of alkyl halides is 3.